The molecular weight excluding hydrogens is 286 g/mol. The predicted molar refractivity (Wildman–Crippen MR) is 84.2 cm³/mol. The lowest BCUT2D eigenvalue weighted by Gasteiger charge is -2.10. The van der Waals surface area contributed by atoms with Crippen LogP contribution < -0.4 is 10.1 Å². The molecule has 0 spiro atoms. The fraction of sp³-hybridized carbons (Fsp3) is 0.214. The molecule has 7 heteroatoms. The Kier molecular flexibility index (Phi) is 4.85. The van der Waals surface area contributed by atoms with Crippen molar-refractivity contribution in [3.8, 4) is 17.6 Å². The van der Waals surface area contributed by atoms with Crippen molar-refractivity contribution < 1.29 is 4.74 Å². The summed E-state index contributed by atoms with van der Waals surface area (Å²) in [4.78, 5) is 8.56. The summed E-state index contributed by atoms with van der Waals surface area (Å²) in [6, 6.07) is 5.59. The van der Waals surface area contributed by atoms with Crippen LogP contribution in [0.15, 0.2) is 35.7 Å². The zero-order valence-corrected chi connectivity index (χ0v) is 12.8. The number of hydrogen-bond acceptors (Lipinski definition) is 5. The van der Waals surface area contributed by atoms with E-state index in [9.17, 15) is 0 Å². The molecule has 0 aliphatic rings. The molecule has 0 fully saturated rings. The number of imidazole rings is 1. The van der Waals surface area contributed by atoms with Crippen LogP contribution in [0.2, 0.25) is 0 Å². The summed E-state index contributed by atoms with van der Waals surface area (Å²) in [5, 5.41) is 11.7. The number of nitrogens with one attached hydrogen (secondary N) is 1. The van der Waals surface area contributed by atoms with Crippen LogP contribution in [0.5, 0.6) is 5.75 Å². The lowest BCUT2D eigenvalue weighted by Crippen LogP contribution is -2.12. The molecule has 108 valence electrons. The molecule has 0 amide bonds. The maximum atomic E-state index is 8.65. The Morgan fingerprint density at radius 3 is 2.90 bits per heavy atom. The van der Waals surface area contributed by atoms with Gasteiger partial charge in [-0.3, -0.25) is 5.32 Å². The van der Waals surface area contributed by atoms with Crippen molar-refractivity contribution in [3.63, 3.8) is 0 Å². The van der Waals surface area contributed by atoms with Gasteiger partial charge >= 0.3 is 0 Å². The van der Waals surface area contributed by atoms with Gasteiger partial charge in [-0.2, -0.15) is 5.26 Å². The molecule has 1 N–H and O–H groups in total. The molecule has 2 rings (SSSR count). The van der Waals surface area contributed by atoms with E-state index in [1.807, 2.05) is 48.3 Å². The number of aromatic nitrogens is 2. The van der Waals surface area contributed by atoms with E-state index in [4.69, 9.17) is 10.00 Å². The molecule has 0 radical (unpaired) electrons. The summed E-state index contributed by atoms with van der Waals surface area (Å²) < 4.78 is 7.31. The smallest absolute Gasteiger partial charge is 0.183 e. The third-order valence-electron chi connectivity index (χ3n) is 2.74. The highest BCUT2D eigenvalue weighted by Crippen LogP contribution is 2.28. The molecule has 0 aliphatic carbocycles. The first kappa shape index (κ1) is 14.9. The second-order valence-corrected chi connectivity index (χ2v) is 4.93. The van der Waals surface area contributed by atoms with Crippen LogP contribution in [-0.2, 0) is 0 Å². The number of amidine groups is 1. The lowest BCUT2D eigenvalue weighted by atomic mass is 10.2. The van der Waals surface area contributed by atoms with E-state index in [0.29, 0.717) is 16.6 Å². The number of nitriles is 1. The summed E-state index contributed by atoms with van der Waals surface area (Å²) >= 11 is 1.37. The normalized spacial score (nSPS) is 11.0. The van der Waals surface area contributed by atoms with Crippen molar-refractivity contribution in [2.75, 3.05) is 13.4 Å². The lowest BCUT2D eigenvalue weighted by molar-refractivity contribution is 0.413. The average Bonchev–Trinajstić information content (AvgIpc) is 2.93. The van der Waals surface area contributed by atoms with Crippen molar-refractivity contribution in [1.29, 1.82) is 5.26 Å². The number of hydrogen-bond donors (Lipinski definition) is 1. The number of methoxy groups -OCH3 is 1. The van der Waals surface area contributed by atoms with Crippen LogP contribution >= 0.6 is 11.8 Å². The molecule has 2 aromatic rings. The molecule has 0 unspecified atom stereocenters. The molecule has 6 nitrogen and oxygen atoms in total. The third-order valence-corrected chi connectivity index (χ3v) is 3.32. The first-order valence-corrected chi connectivity index (χ1v) is 7.37. The van der Waals surface area contributed by atoms with Crippen LogP contribution in [0.4, 0.5) is 5.69 Å². The van der Waals surface area contributed by atoms with Crippen LogP contribution in [0.25, 0.3) is 5.69 Å². The monoisotopic (exact) mass is 301 g/mol. The van der Waals surface area contributed by atoms with E-state index in [0.717, 1.165) is 11.4 Å². The van der Waals surface area contributed by atoms with Crippen molar-refractivity contribution in [3.05, 3.63) is 36.4 Å². The summed E-state index contributed by atoms with van der Waals surface area (Å²) in [6.45, 7) is 1.93. The molecule has 0 atom stereocenters. The van der Waals surface area contributed by atoms with Gasteiger partial charge in [0.25, 0.3) is 0 Å². The minimum Gasteiger partial charge on any atom is -0.494 e. The molecule has 0 aliphatic heterocycles. The molecule has 0 saturated carbocycles. The van der Waals surface area contributed by atoms with Gasteiger partial charge in [0.05, 0.1) is 30.5 Å². The van der Waals surface area contributed by atoms with Gasteiger partial charge in [0, 0.05) is 12.3 Å². The summed E-state index contributed by atoms with van der Waals surface area (Å²) in [5.41, 5.74) is 2.53. The van der Waals surface area contributed by atoms with Crippen molar-refractivity contribution in [2.24, 2.45) is 4.99 Å². The SMILES string of the molecule is COc1cc(N=C(NC#N)SC)ccc1-n1cnc(C)c1. The Hall–Kier alpha value is -2.46. The van der Waals surface area contributed by atoms with Crippen LogP contribution in [0, 0.1) is 18.4 Å². The maximum absolute atomic E-state index is 8.65. The second-order valence-electron chi connectivity index (χ2n) is 4.14. The fourth-order valence-electron chi connectivity index (χ4n) is 1.79. The first-order valence-electron chi connectivity index (χ1n) is 6.14. The summed E-state index contributed by atoms with van der Waals surface area (Å²) in [5.74, 6) is 0.686. The minimum absolute atomic E-state index is 0.533. The van der Waals surface area contributed by atoms with E-state index in [1.54, 1.807) is 13.4 Å². The summed E-state index contributed by atoms with van der Waals surface area (Å²) in [6.07, 6.45) is 7.37. The number of benzene rings is 1. The van der Waals surface area contributed by atoms with Gasteiger partial charge in [0.15, 0.2) is 11.4 Å². The highest BCUT2D eigenvalue weighted by Gasteiger charge is 2.07. The van der Waals surface area contributed by atoms with Gasteiger partial charge in [-0.25, -0.2) is 9.98 Å². The van der Waals surface area contributed by atoms with Gasteiger partial charge in [0.2, 0.25) is 0 Å². The van der Waals surface area contributed by atoms with E-state index in [-0.39, 0.29) is 0 Å². The minimum atomic E-state index is 0.533. The topological polar surface area (TPSA) is 75.2 Å². The Bertz CT molecular complexity index is 702. The zero-order valence-electron chi connectivity index (χ0n) is 12.0. The number of nitrogens with zero attached hydrogens (tertiary/aromatic N) is 4. The third kappa shape index (κ3) is 3.55. The molecule has 0 saturated heterocycles. The number of aryl methyl sites for hydroxylation is 1. The van der Waals surface area contributed by atoms with Gasteiger partial charge in [-0.15, -0.1) is 0 Å². The Labute approximate surface area is 127 Å². The predicted octanol–water partition coefficient (Wildman–Crippen LogP) is 2.61. The molecule has 1 heterocycles. The largest absolute Gasteiger partial charge is 0.494 e. The quantitative estimate of drug-likeness (QED) is 0.408. The standard InChI is InChI=1S/C14H15N5OS/c1-10-7-19(9-17-10)12-5-4-11(6-13(12)20-2)18-14(21-3)16-8-15/h4-7,9H,1-3H3,(H,16,18). The Morgan fingerprint density at radius 2 is 2.33 bits per heavy atom. The highest BCUT2D eigenvalue weighted by molar-refractivity contribution is 8.13. The van der Waals surface area contributed by atoms with Gasteiger partial charge in [-0.05, 0) is 25.3 Å². The number of thioether (sulfide) groups is 1. The molecule has 1 aromatic heterocycles. The number of rotatable bonds is 3. The summed E-state index contributed by atoms with van der Waals surface area (Å²) in [7, 11) is 1.61. The molecule has 1 aromatic carbocycles. The molecule has 0 bridgehead atoms. The zero-order chi connectivity index (χ0) is 15.2. The van der Waals surface area contributed by atoms with E-state index < -0.39 is 0 Å². The first-order chi connectivity index (χ1) is 10.2. The Balaban J connectivity index is 2.39. The van der Waals surface area contributed by atoms with Crippen molar-refractivity contribution >= 4 is 22.6 Å². The van der Waals surface area contributed by atoms with Gasteiger partial charge in [0.1, 0.15) is 5.75 Å². The molecular formula is C14H15N5OS. The Morgan fingerprint density at radius 1 is 1.52 bits per heavy atom. The second kappa shape index (κ2) is 6.81. The van der Waals surface area contributed by atoms with Gasteiger partial charge in [-0.1, -0.05) is 11.8 Å². The highest BCUT2D eigenvalue weighted by atomic mass is 32.2. The van der Waals surface area contributed by atoms with Crippen LogP contribution in [0.1, 0.15) is 5.69 Å². The van der Waals surface area contributed by atoms with Crippen molar-refractivity contribution in [1.82, 2.24) is 14.9 Å². The fourth-order valence-corrected chi connectivity index (χ4v) is 2.14. The van der Waals surface area contributed by atoms with Gasteiger partial charge < -0.3 is 9.30 Å². The van der Waals surface area contributed by atoms with E-state index in [2.05, 4.69) is 15.3 Å². The average molecular weight is 301 g/mol. The van der Waals surface area contributed by atoms with E-state index in [1.165, 1.54) is 11.8 Å². The number of ether oxygens (including phenoxy) is 1. The van der Waals surface area contributed by atoms with Crippen molar-refractivity contribution in [2.45, 2.75) is 6.92 Å². The van der Waals surface area contributed by atoms with E-state index >= 15 is 0 Å². The van der Waals surface area contributed by atoms with Crippen LogP contribution in [0.3, 0.4) is 0 Å². The number of aliphatic imine (C=N–C) groups is 1. The van der Waals surface area contributed by atoms with Crippen LogP contribution in [-0.4, -0.2) is 28.1 Å². The molecule has 21 heavy (non-hydrogen) atoms. The maximum Gasteiger partial charge on any atom is 0.183 e.